The lowest BCUT2D eigenvalue weighted by molar-refractivity contribution is -0.113. The zero-order valence-corrected chi connectivity index (χ0v) is 19.9. The lowest BCUT2D eigenvalue weighted by atomic mass is 10.1. The van der Waals surface area contributed by atoms with Gasteiger partial charge < -0.3 is 10.2 Å². The molecule has 0 aliphatic carbocycles. The molecule has 0 aromatic heterocycles. The predicted molar refractivity (Wildman–Crippen MR) is 130 cm³/mol. The minimum atomic E-state index is -3.19. The van der Waals surface area contributed by atoms with Gasteiger partial charge in [0.2, 0.25) is 5.91 Å². The normalized spacial score (nSPS) is 21.2. The average Bonchev–Trinajstić information content (AvgIpc) is 3.21. The van der Waals surface area contributed by atoms with Crippen molar-refractivity contribution in [1.82, 2.24) is 0 Å². The highest BCUT2D eigenvalue weighted by Gasteiger charge is 2.47. The molecule has 0 radical (unpaired) electrons. The lowest BCUT2D eigenvalue weighted by Crippen LogP contribution is -2.39. The fourth-order valence-electron chi connectivity index (χ4n) is 3.87. The van der Waals surface area contributed by atoms with Gasteiger partial charge in [-0.05, 0) is 43.7 Å². The van der Waals surface area contributed by atoms with Gasteiger partial charge in [-0.15, -0.1) is 0 Å². The number of nitrogens with one attached hydrogen (secondary N) is 1. The Balaban J connectivity index is 1.54. The Morgan fingerprint density at radius 2 is 1.97 bits per heavy atom. The summed E-state index contributed by atoms with van der Waals surface area (Å²) in [6.07, 6.45) is 0. The molecule has 4 rings (SSSR count). The van der Waals surface area contributed by atoms with Crippen molar-refractivity contribution < 1.29 is 18.0 Å². The number of ketones is 1. The molecule has 168 valence electrons. The lowest BCUT2D eigenvalue weighted by Gasteiger charge is -2.26. The highest BCUT2D eigenvalue weighted by molar-refractivity contribution is 8.14. The van der Waals surface area contributed by atoms with E-state index < -0.39 is 9.84 Å². The van der Waals surface area contributed by atoms with E-state index in [4.69, 9.17) is 11.6 Å². The van der Waals surface area contributed by atoms with Gasteiger partial charge in [0.1, 0.15) is 0 Å². The number of sulfone groups is 1. The summed E-state index contributed by atoms with van der Waals surface area (Å²) in [6.45, 7) is 3.31. The standard InChI is InChI=1S/C22H22ClN3O4S2/c1-13-17(23)7-4-8-18(13)24-21(28)10-31-22-25-19-11-32(29,30)12-20(19)26(22)16-6-3-5-15(9-16)14(2)27/h3-9,19-20H,10-12H2,1-2H3,(H,24,28). The van der Waals surface area contributed by atoms with Crippen molar-refractivity contribution >= 4 is 61.4 Å². The van der Waals surface area contributed by atoms with Gasteiger partial charge >= 0.3 is 0 Å². The number of thioether (sulfide) groups is 1. The number of carbonyl (C=O) groups is 2. The van der Waals surface area contributed by atoms with Crippen LogP contribution in [0.25, 0.3) is 0 Å². The third kappa shape index (κ3) is 4.69. The Morgan fingerprint density at radius 1 is 1.22 bits per heavy atom. The van der Waals surface area contributed by atoms with Gasteiger partial charge in [-0.1, -0.05) is 41.6 Å². The maximum atomic E-state index is 12.6. The first kappa shape index (κ1) is 22.8. The summed E-state index contributed by atoms with van der Waals surface area (Å²) in [5.41, 5.74) is 2.66. The van der Waals surface area contributed by atoms with Crippen molar-refractivity contribution in [3.8, 4) is 0 Å². The fourth-order valence-corrected chi connectivity index (χ4v) is 6.81. The fraction of sp³-hybridized carbons (Fsp3) is 0.318. The van der Waals surface area contributed by atoms with E-state index in [1.807, 2.05) is 17.9 Å². The highest BCUT2D eigenvalue weighted by atomic mass is 35.5. The van der Waals surface area contributed by atoms with E-state index in [0.717, 1.165) is 5.56 Å². The molecular weight excluding hydrogens is 470 g/mol. The molecule has 32 heavy (non-hydrogen) atoms. The van der Waals surface area contributed by atoms with Gasteiger partial charge in [0.05, 0.1) is 29.3 Å². The molecule has 2 aromatic rings. The maximum absolute atomic E-state index is 12.6. The van der Waals surface area contributed by atoms with E-state index in [2.05, 4.69) is 10.3 Å². The second kappa shape index (κ2) is 8.88. The van der Waals surface area contributed by atoms with E-state index in [1.165, 1.54) is 18.7 Å². The van der Waals surface area contributed by atoms with Gasteiger partial charge in [0, 0.05) is 22.0 Å². The molecule has 2 heterocycles. The summed E-state index contributed by atoms with van der Waals surface area (Å²) in [6, 6.07) is 11.6. The van der Waals surface area contributed by atoms with Crippen LogP contribution in [0, 0.1) is 6.92 Å². The first-order valence-corrected chi connectivity index (χ1v) is 13.2. The van der Waals surface area contributed by atoms with Crippen LogP contribution in [-0.4, -0.2) is 54.6 Å². The minimum absolute atomic E-state index is 0.0105. The topological polar surface area (TPSA) is 95.9 Å². The molecule has 10 heteroatoms. The monoisotopic (exact) mass is 491 g/mol. The van der Waals surface area contributed by atoms with Crippen molar-refractivity contribution in [1.29, 1.82) is 0 Å². The van der Waals surface area contributed by atoms with E-state index >= 15 is 0 Å². The van der Waals surface area contributed by atoms with Crippen molar-refractivity contribution in [2.75, 3.05) is 27.5 Å². The molecule has 0 spiro atoms. The van der Waals surface area contributed by atoms with E-state index in [9.17, 15) is 18.0 Å². The maximum Gasteiger partial charge on any atom is 0.234 e. The van der Waals surface area contributed by atoms with Crippen LogP contribution < -0.4 is 10.2 Å². The Morgan fingerprint density at radius 3 is 2.72 bits per heavy atom. The third-order valence-electron chi connectivity index (χ3n) is 5.51. The summed E-state index contributed by atoms with van der Waals surface area (Å²) >= 11 is 7.37. The molecule has 2 aliphatic rings. The number of rotatable bonds is 5. The van der Waals surface area contributed by atoms with Crippen LogP contribution in [0.3, 0.4) is 0 Å². The summed E-state index contributed by atoms with van der Waals surface area (Å²) < 4.78 is 24.4. The van der Waals surface area contributed by atoms with E-state index in [0.29, 0.717) is 27.1 Å². The Hall–Kier alpha value is -2.36. The molecule has 1 N–H and O–H groups in total. The number of halogens is 1. The van der Waals surface area contributed by atoms with Crippen molar-refractivity contribution in [2.24, 2.45) is 4.99 Å². The third-order valence-corrected chi connectivity index (χ3v) is 8.59. The van der Waals surface area contributed by atoms with Crippen molar-refractivity contribution in [3.05, 3.63) is 58.6 Å². The largest absolute Gasteiger partial charge is 0.325 e. The summed E-state index contributed by atoms with van der Waals surface area (Å²) in [7, 11) is -3.19. The molecule has 2 aliphatic heterocycles. The van der Waals surface area contributed by atoms with Crippen LogP contribution in [0.5, 0.6) is 0 Å². The molecule has 7 nitrogen and oxygen atoms in total. The molecule has 1 fully saturated rings. The SMILES string of the molecule is CC(=O)c1cccc(N2C(SCC(=O)Nc3cccc(Cl)c3C)=NC3CS(=O)(=O)CC32)c1. The molecular formula is C22H22ClN3O4S2. The predicted octanol–water partition coefficient (Wildman–Crippen LogP) is 3.56. The number of amides is 1. The van der Waals surface area contributed by atoms with Crippen LogP contribution in [0.2, 0.25) is 5.02 Å². The second-order valence-electron chi connectivity index (χ2n) is 7.85. The number of benzene rings is 2. The summed E-state index contributed by atoms with van der Waals surface area (Å²) in [4.78, 5) is 30.9. The minimum Gasteiger partial charge on any atom is -0.325 e. The Bertz CT molecular complexity index is 1230. The van der Waals surface area contributed by atoms with Gasteiger partial charge in [-0.3, -0.25) is 14.6 Å². The first-order chi connectivity index (χ1) is 15.1. The van der Waals surface area contributed by atoms with E-state index in [1.54, 1.807) is 36.4 Å². The van der Waals surface area contributed by atoms with Crippen LogP contribution in [0.15, 0.2) is 47.5 Å². The molecule has 2 aromatic carbocycles. The summed E-state index contributed by atoms with van der Waals surface area (Å²) in [5.74, 6) is -0.226. The number of carbonyl (C=O) groups excluding carboxylic acids is 2. The quantitative estimate of drug-likeness (QED) is 0.642. The molecule has 0 bridgehead atoms. The van der Waals surface area contributed by atoms with Crippen LogP contribution in [0.1, 0.15) is 22.8 Å². The number of fused-ring (bicyclic) bond motifs is 1. The Labute approximate surface area is 196 Å². The van der Waals surface area contributed by atoms with Gasteiger partial charge in [0.15, 0.2) is 20.8 Å². The van der Waals surface area contributed by atoms with Gasteiger partial charge in [0.25, 0.3) is 0 Å². The average molecular weight is 492 g/mol. The second-order valence-corrected chi connectivity index (χ2v) is 11.4. The zero-order valence-electron chi connectivity index (χ0n) is 17.5. The highest BCUT2D eigenvalue weighted by Crippen LogP contribution is 2.35. The number of nitrogens with zero attached hydrogens (tertiary/aromatic N) is 2. The zero-order chi connectivity index (χ0) is 23.0. The molecule has 0 saturated carbocycles. The number of Topliss-reactive ketones (excluding diaryl/α,β-unsaturated/α-hetero) is 1. The molecule has 2 unspecified atom stereocenters. The van der Waals surface area contributed by atoms with E-state index in [-0.39, 0.29) is 41.0 Å². The van der Waals surface area contributed by atoms with Crippen LogP contribution in [0.4, 0.5) is 11.4 Å². The molecule has 1 saturated heterocycles. The number of hydrogen-bond donors (Lipinski definition) is 1. The smallest absolute Gasteiger partial charge is 0.234 e. The molecule has 2 atom stereocenters. The van der Waals surface area contributed by atoms with Gasteiger partial charge in [-0.25, -0.2) is 8.42 Å². The summed E-state index contributed by atoms with van der Waals surface area (Å²) in [5, 5.41) is 4.01. The van der Waals surface area contributed by atoms with Crippen LogP contribution >= 0.6 is 23.4 Å². The number of anilines is 2. The van der Waals surface area contributed by atoms with Crippen molar-refractivity contribution in [3.63, 3.8) is 0 Å². The number of amidine groups is 1. The van der Waals surface area contributed by atoms with Gasteiger partial charge in [-0.2, -0.15) is 0 Å². The number of hydrogen-bond acceptors (Lipinski definition) is 7. The van der Waals surface area contributed by atoms with Crippen molar-refractivity contribution in [2.45, 2.75) is 25.9 Å². The van der Waals surface area contributed by atoms with Crippen LogP contribution in [-0.2, 0) is 14.6 Å². The molecule has 1 amide bonds. The first-order valence-electron chi connectivity index (χ1n) is 10.0. The number of aliphatic imine (C=N–C) groups is 1. The Kier molecular flexibility index (Phi) is 6.33.